The van der Waals surface area contributed by atoms with Crippen molar-refractivity contribution in [2.24, 2.45) is 0 Å². The van der Waals surface area contributed by atoms with E-state index in [1.54, 1.807) is 5.79 Å². The van der Waals surface area contributed by atoms with Crippen LogP contribution in [-0.2, 0) is 0 Å². The Morgan fingerprint density at radius 1 is 0.432 bits per heavy atom. The fraction of sp³-hybridized carbons (Fsp3) is 0.789. The number of ether oxygens (including phenoxy) is 2. The van der Waals surface area contributed by atoms with Crippen molar-refractivity contribution in [1.29, 1.82) is 0 Å². The van der Waals surface area contributed by atoms with E-state index in [0.717, 1.165) is 13.2 Å². The predicted octanol–water partition coefficient (Wildman–Crippen LogP) is 13.2. The quantitative estimate of drug-likeness (QED) is 0.0658. The molecule has 2 nitrogen and oxygen atoms in total. The summed E-state index contributed by atoms with van der Waals surface area (Å²) in [6.07, 6.45) is 27.3. The van der Waals surface area contributed by atoms with Gasteiger partial charge < -0.3 is 0 Å². The van der Waals surface area contributed by atoms with Crippen LogP contribution in [0.25, 0.3) is 9.75 Å². The molecular weight excluding hydrogens is 790 g/mol. The van der Waals surface area contributed by atoms with Gasteiger partial charge in [0.1, 0.15) is 0 Å². The van der Waals surface area contributed by atoms with Gasteiger partial charge >= 0.3 is 254 Å². The first kappa shape index (κ1) is 40.8. The van der Waals surface area contributed by atoms with Crippen LogP contribution in [0.4, 0.5) is 0 Å². The molecule has 6 heteroatoms. The average molecular weight is 861 g/mol. The van der Waals surface area contributed by atoms with Gasteiger partial charge in [0.05, 0.1) is 0 Å². The van der Waals surface area contributed by atoms with Crippen LogP contribution in [0.15, 0.2) is 12.1 Å². The molecule has 2 aromatic heterocycles. The molecule has 0 aliphatic carbocycles. The van der Waals surface area contributed by atoms with Gasteiger partial charge in [-0.2, -0.15) is 0 Å². The first-order valence-electron chi connectivity index (χ1n) is 18.6. The Morgan fingerprint density at radius 3 is 0.977 bits per heavy atom. The average Bonchev–Trinajstić information content (AvgIpc) is 3.60. The van der Waals surface area contributed by atoms with Crippen LogP contribution in [0, 0.1) is 0 Å². The Balaban J connectivity index is 1.88. The summed E-state index contributed by atoms with van der Waals surface area (Å²) < 4.78 is 16.2. The molecule has 0 aliphatic heterocycles. The molecule has 0 N–H and O–H groups in total. The normalized spacial score (nSPS) is 12.3. The second-order valence-corrected chi connectivity index (χ2v) is 47.9. The van der Waals surface area contributed by atoms with Crippen LogP contribution in [0.1, 0.15) is 142 Å². The van der Waals surface area contributed by atoms with Crippen LogP contribution in [-0.4, -0.2) is 50.0 Å². The van der Waals surface area contributed by atoms with Gasteiger partial charge in [0.25, 0.3) is 0 Å². The Hall–Kier alpha value is 0.597. The van der Waals surface area contributed by atoms with E-state index in [4.69, 9.17) is 9.47 Å². The SMILES string of the molecule is CCCCCCCCCCCCOc1cc(-c2cc(OCCCCCCCCCCCC)[c]([Sn]([CH3])([CH3])[CH3])s2)s[c]1[Sn]([CH3])([CH3])[CH3]. The van der Waals surface area contributed by atoms with Gasteiger partial charge in [-0.15, -0.1) is 0 Å². The van der Waals surface area contributed by atoms with E-state index in [-0.39, 0.29) is 0 Å². The number of hydrogen-bond donors (Lipinski definition) is 0. The zero-order chi connectivity index (χ0) is 32.3. The van der Waals surface area contributed by atoms with E-state index >= 15 is 0 Å². The molecule has 254 valence electrons. The Kier molecular flexibility index (Phi) is 21.3. The molecule has 0 radical (unpaired) electrons. The molecule has 0 amide bonds. The fourth-order valence-electron chi connectivity index (χ4n) is 5.79. The van der Waals surface area contributed by atoms with E-state index in [1.807, 2.05) is 22.7 Å². The molecule has 44 heavy (non-hydrogen) atoms. The first-order valence-corrected chi connectivity index (χ1v) is 40.2. The maximum absolute atomic E-state index is 6.54. The Bertz CT molecular complexity index is 919. The van der Waals surface area contributed by atoms with Crippen LogP contribution < -0.4 is 15.3 Å². The molecule has 0 saturated carbocycles. The Labute approximate surface area is 290 Å². The summed E-state index contributed by atoms with van der Waals surface area (Å²) >= 11 is -0.568. The molecule has 0 spiro atoms. The minimum absolute atomic E-state index is 0.864. The van der Waals surface area contributed by atoms with Crippen molar-refractivity contribution >= 4 is 65.2 Å². The second kappa shape index (κ2) is 23.0. The summed E-state index contributed by atoms with van der Waals surface area (Å²) in [6.45, 7) is 6.32. The van der Waals surface area contributed by atoms with Crippen molar-refractivity contribution in [3.05, 3.63) is 12.1 Å². The summed E-state index contributed by atoms with van der Waals surface area (Å²) in [7, 11) is 0. The van der Waals surface area contributed by atoms with E-state index in [0.29, 0.717) is 0 Å². The van der Waals surface area contributed by atoms with Gasteiger partial charge in [-0.05, 0) is 0 Å². The number of rotatable bonds is 27. The van der Waals surface area contributed by atoms with Crippen molar-refractivity contribution < 1.29 is 9.47 Å². The summed E-state index contributed by atoms with van der Waals surface area (Å²) in [5, 5.41) is 0. The first-order chi connectivity index (χ1) is 21.1. The fourth-order valence-corrected chi connectivity index (χ4v) is 20.4. The molecule has 0 unspecified atom stereocenters. The third-order valence-corrected chi connectivity index (χ3v) is 29.7. The number of thiophene rings is 2. The monoisotopic (exact) mass is 862 g/mol. The predicted molar refractivity (Wildman–Crippen MR) is 208 cm³/mol. The van der Waals surface area contributed by atoms with Gasteiger partial charge in [-0.25, -0.2) is 0 Å². The summed E-state index contributed by atoms with van der Waals surface area (Å²) in [4.78, 5) is 18.0. The molecule has 0 atom stereocenters. The van der Waals surface area contributed by atoms with Gasteiger partial charge in [0.2, 0.25) is 0 Å². The van der Waals surface area contributed by atoms with Crippen LogP contribution in [0.2, 0.25) is 29.6 Å². The van der Waals surface area contributed by atoms with E-state index in [2.05, 4.69) is 55.6 Å². The van der Waals surface area contributed by atoms with E-state index in [1.165, 1.54) is 150 Å². The number of hydrogen-bond acceptors (Lipinski definition) is 4. The van der Waals surface area contributed by atoms with Crippen molar-refractivity contribution in [3.63, 3.8) is 0 Å². The second-order valence-electron chi connectivity index (χ2n) is 15.2. The molecule has 0 bridgehead atoms. The standard InChI is InChI=1S/C32H52O2S2.6CH3.2Sn/c1-3-5-7-9-11-13-15-17-19-21-23-33-29-25-31(35-27-29)32-26-30(28-36-32)34-24-22-20-18-16-14-12-10-8-6-4-2;;;;;;;;/h25-26H,3-24H2,1-2H3;6*1H3;;. The third-order valence-electron chi connectivity index (χ3n) is 8.51. The van der Waals surface area contributed by atoms with Crippen molar-refractivity contribution in [2.45, 2.75) is 172 Å². The zero-order valence-electron chi connectivity index (χ0n) is 30.3. The summed E-state index contributed by atoms with van der Waals surface area (Å²) in [5.74, 6) is 2.40. The molecule has 2 heterocycles. The van der Waals surface area contributed by atoms with Crippen LogP contribution in [0.3, 0.4) is 0 Å². The molecule has 2 aromatic rings. The van der Waals surface area contributed by atoms with Gasteiger partial charge in [0, 0.05) is 0 Å². The molecule has 0 aliphatic rings. The van der Waals surface area contributed by atoms with E-state index < -0.39 is 36.8 Å². The van der Waals surface area contributed by atoms with Crippen LogP contribution >= 0.6 is 22.7 Å². The topological polar surface area (TPSA) is 18.5 Å². The van der Waals surface area contributed by atoms with Crippen molar-refractivity contribution in [2.75, 3.05) is 13.2 Å². The molecular formula is C38H70O2S2Sn2. The van der Waals surface area contributed by atoms with Gasteiger partial charge in [-0.3, -0.25) is 0 Å². The van der Waals surface area contributed by atoms with Gasteiger partial charge in [0.15, 0.2) is 0 Å². The van der Waals surface area contributed by atoms with Crippen molar-refractivity contribution in [1.82, 2.24) is 0 Å². The van der Waals surface area contributed by atoms with Crippen LogP contribution in [0.5, 0.6) is 11.5 Å². The summed E-state index contributed by atoms with van der Waals surface area (Å²) in [5.41, 5.74) is 0. The Morgan fingerprint density at radius 2 is 0.705 bits per heavy atom. The minimum atomic E-state index is -2.31. The third kappa shape index (κ3) is 16.6. The van der Waals surface area contributed by atoms with E-state index in [9.17, 15) is 0 Å². The molecule has 0 fully saturated rings. The molecule has 0 saturated heterocycles. The van der Waals surface area contributed by atoms with Gasteiger partial charge in [-0.1, -0.05) is 39.5 Å². The zero-order valence-corrected chi connectivity index (χ0v) is 37.7. The number of unbranched alkanes of at least 4 members (excludes halogenated alkanes) is 18. The maximum atomic E-state index is 6.54. The molecule has 2 rings (SSSR count). The van der Waals surface area contributed by atoms with Crippen molar-refractivity contribution in [3.8, 4) is 21.3 Å². The molecule has 0 aromatic carbocycles. The summed E-state index contributed by atoms with van der Waals surface area (Å²) in [6, 6.07) is 4.77.